The van der Waals surface area contributed by atoms with Gasteiger partial charge in [-0.2, -0.15) is 0 Å². The second-order valence-electron chi connectivity index (χ2n) is 7.71. The van der Waals surface area contributed by atoms with Gasteiger partial charge in [-0.1, -0.05) is 44.2 Å². The Kier molecular flexibility index (Phi) is 5.69. The summed E-state index contributed by atoms with van der Waals surface area (Å²) in [4.78, 5) is 16.8. The summed E-state index contributed by atoms with van der Waals surface area (Å²) < 4.78 is 5.58. The first-order chi connectivity index (χ1) is 10.8. The van der Waals surface area contributed by atoms with Gasteiger partial charge in [-0.05, 0) is 32.3 Å². The summed E-state index contributed by atoms with van der Waals surface area (Å²) in [6.45, 7) is 13.5. The highest BCUT2D eigenvalue weighted by Gasteiger charge is 2.34. The molecule has 1 amide bonds. The van der Waals surface area contributed by atoms with E-state index in [0.29, 0.717) is 5.92 Å². The van der Waals surface area contributed by atoms with Gasteiger partial charge in [0.2, 0.25) is 0 Å². The first-order valence-electron chi connectivity index (χ1n) is 8.52. The molecule has 4 heteroatoms. The lowest BCUT2D eigenvalue weighted by Crippen LogP contribution is -2.57. The van der Waals surface area contributed by atoms with E-state index in [1.54, 1.807) is 0 Å². The fourth-order valence-electron chi connectivity index (χ4n) is 2.97. The van der Waals surface area contributed by atoms with Gasteiger partial charge in [0.1, 0.15) is 5.60 Å². The highest BCUT2D eigenvalue weighted by molar-refractivity contribution is 5.68. The van der Waals surface area contributed by atoms with Crippen molar-refractivity contribution in [2.75, 3.05) is 19.6 Å². The lowest BCUT2D eigenvalue weighted by atomic mass is 9.99. The number of hydrogen-bond acceptors (Lipinski definition) is 3. The molecular weight excluding hydrogens is 288 g/mol. The van der Waals surface area contributed by atoms with E-state index in [1.165, 1.54) is 5.56 Å². The number of benzene rings is 1. The van der Waals surface area contributed by atoms with Crippen LogP contribution in [0, 0.1) is 5.92 Å². The van der Waals surface area contributed by atoms with E-state index in [0.717, 1.165) is 26.2 Å². The van der Waals surface area contributed by atoms with Crippen LogP contribution in [0.4, 0.5) is 4.79 Å². The number of ether oxygens (including phenoxy) is 1. The topological polar surface area (TPSA) is 32.8 Å². The minimum Gasteiger partial charge on any atom is -0.444 e. The minimum absolute atomic E-state index is 0.185. The second kappa shape index (κ2) is 7.35. The van der Waals surface area contributed by atoms with Gasteiger partial charge in [0, 0.05) is 26.2 Å². The normalized spacial score (nSPS) is 19.9. The lowest BCUT2D eigenvalue weighted by molar-refractivity contribution is -0.0106. The number of carbonyl (C=O) groups is 1. The molecule has 1 heterocycles. The van der Waals surface area contributed by atoms with Crippen LogP contribution in [-0.2, 0) is 11.3 Å². The van der Waals surface area contributed by atoms with Crippen LogP contribution in [0.5, 0.6) is 0 Å². The molecule has 0 N–H and O–H groups in total. The van der Waals surface area contributed by atoms with Gasteiger partial charge in [-0.25, -0.2) is 4.79 Å². The van der Waals surface area contributed by atoms with Crippen molar-refractivity contribution >= 4 is 6.09 Å². The summed E-state index contributed by atoms with van der Waals surface area (Å²) in [5.74, 6) is 0.404. The molecule has 2 rings (SSSR count). The summed E-state index contributed by atoms with van der Waals surface area (Å²) in [5, 5.41) is 0. The Hall–Kier alpha value is -1.55. The predicted molar refractivity (Wildman–Crippen MR) is 93.3 cm³/mol. The molecule has 0 unspecified atom stereocenters. The highest BCUT2D eigenvalue weighted by Crippen LogP contribution is 2.21. The molecule has 0 aliphatic carbocycles. The molecule has 4 nitrogen and oxygen atoms in total. The van der Waals surface area contributed by atoms with Crippen LogP contribution in [0.2, 0.25) is 0 Å². The van der Waals surface area contributed by atoms with Crippen LogP contribution in [0.25, 0.3) is 0 Å². The van der Waals surface area contributed by atoms with Crippen molar-refractivity contribution in [1.82, 2.24) is 9.80 Å². The highest BCUT2D eigenvalue weighted by atomic mass is 16.6. The number of amides is 1. The van der Waals surface area contributed by atoms with E-state index in [4.69, 9.17) is 4.74 Å². The largest absolute Gasteiger partial charge is 0.444 e. The summed E-state index contributed by atoms with van der Waals surface area (Å²) in [6, 6.07) is 10.7. The van der Waals surface area contributed by atoms with E-state index >= 15 is 0 Å². The molecule has 0 bridgehead atoms. The van der Waals surface area contributed by atoms with Crippen molar-refractivity contribution in [3.63, 3.8) is 0 Å². The monoisotopic (exact) mass is 318 g/mol. The summed E-state index contributed by atoms with van der Waals surface area (Å²) in [7, 11) is 0. The molecule has 1 aromatic carbocycles. The average Bonchev–Trinajstić information content (AvgIpc) is 2.46. The maximum absolute atomic E-state index is 12.5. The molecule has 0 radical (unpaired) electrons. The molecule has 23 heavy (non-hydrogen) atoms. The number of rotatable bonds is 3. The minimum atomic E-state index is -0.445. The Labute approximate surface area is 140 Å². The Bertz CT molecular complexity index is 508. The van der Waals surface area contributed by atoms with Crippen molar-refractivity contribution in [1.29, 1.82) is 0 Å². The maximum atomic E-state index is 12.5. The molecule has 0 saturated carbocycles. The van der Waals surface area contributed by atoms with Crippen LogP contribution < -0.4 is 0 Å². The molecule has 1 aromatic rings. The van der Waals surface area contributed by atoms with Crippen molar-refractivity contribution in [2.45, 2.75) is 52.8 Å². The fraction of sp³-hybridized carbons (Fsp3) is 0.632. The average molecular weight is 318 g/mol. The fourth-order valence-corrected chi connectivity index (χ4v) is 2.97. The van der Waals surface area contributed by atoms with Crippen LogP contribution in [-0.4, -0.2) is 47.2 Å². The zero-order valence-corrected chi connectivity index (χ0v) is 15.1. The standard InChI is InChI=1S/C19H30N2O2/c1-15(2)17-14-20(13-16-9-7-6-8-10-16)11-12-21(17)18(22)23-19(3,4)5/h6-10,15,17H,11-14H2,1-5H3/t17-/m0/s1. The van der Waals surface area contributed by atoms with E-state index in [1.807, 2.05) is 31.7 Å². The molecular formula is C19H30N2O2. The van der Waals surface area contributed by atoms with Gasteiger partial charge < -0.3 is 9.64 Å². The first kappa shape index (κ1) is 17.8. The first-order valence-corrected chi connectivity index (χ1v) is 8.52. The van der Waals surface area contributed by atoms with E-state index in [2.05, 4.69) is 43.0 Å². The molecule has 128 valence electrons. The summed E-state index contributed by atoms with van der Waals surface area (Å²) in [6.07, 6.45) is -0.185. The maximum Gasteiger partial charge on any atom is 0.410 e. The van der Waals surface area contributed by atoms with E-state index < -0.39 is 5.60 Å². The third kappa shape index (κ3) is 5.24. The Morgan fingerprint density at radius 2 is 1.87 bits per heavy atom. The molecule has 1 fully saturated rings. The van der Waals surface area contributed by atoms with Crippen molar-refractivity contribution < 1.29 is 9.53 Å². The summed E-state index contributed by atoms with van der Waals surface area (Å²) in [5.41, 5.74) is 0.875. The SMILES string of the molecule is CC(C)[C@@H]1CN(Cc2ccccc2)CCN1C(=O)OC(C)(C)C. The molecule has 1 aliphatic heterocycles. The molecule has 1 aliphatic rings. The van der Waals surface area contributed by atoms with Crippen molar-refractivity contribution in [3.8, 4) is 0 Å². The Morgan fingerprint density at radius 3 is 2.43 bits per heavy atom. The van der Waals surface area contributed by atoms with Crippen LogP contribution >= 0.6 is 0 Å². The van der Waals surface area contributed by atoms with Crippen LogP contribution in [0.15, 0.2) is 30.3 Å². The van der Waals surface area contributed by atoms with E-state index in [9.17, 15) is 4.79 Å². The second-order valence-corrected chi connectivity index (χ2v) is 7.71. The number of nitrogens with zero attached hydrogens (tertiary/aromatic N) is 2. The zero-order valence-electron chi connectivity index (χ0n) is 15.1. The zero-order chi connectivity index (χ0) is 17.0. The molecule has 0 spiro atoms. The number of hydrogen-bond donors (Lipinski definition) is 0. The predicted octanol–water partition coefficient (Wildman–Crippen LogP) is 3.76. The number of piperazine rings is 1. The summed E-state index contributed by atoms with van der Waals surface area (Å²) >= 11 is 0. The van der Waals surface area contributed by atoms with Crippen molar-refractivity contribution in [2.24, 2.45) is 5.92 Å². The lowest BCUT2D eigenvalue weighted by Gasteiger charge is -2.43. The van der Waals surface area contributed by atoms with E-state index in [-0.39, 0.29) is 12.1 Å². The quantitative estimate of drug-likeness (QED) is 0.850. The van der Waals surface area contributed by atoms with Gasteiger partial charge in [0.05, 0.1) is 6.04 Å². The van der Waals surface area contributed by atoms with Gasteiger partial charge in [0.25, 0.3) is 0 Å². The number of carbonyl (C=O) groups excluding carboxylic acids is 1. The van der Waals surface area contributed by atoms with Gasteiger partial charge >= 0.3 is 6.09 Å². The third-order valence-corrected chi connectivity index (χ3v) is 4.15. The molecule has 1 atom stereocenters. The Balaban J connectivity index is 2.01. The molecule has 1 saturated heterocycles. The molecule has 0 aromatic heterocycles. The third-order valence-electron chi connectivity index (χ3n) is 4.15. The Morgan fingerprint density at radius 1 is 1.22 bits per heavy atom. The van der Waals surface area contributed by atoms with Crippen LogP contribution in [0.1, 0.15) is 40.2 Å². The van der Waals surface area contributed by atoms with Gasteiger partial charge in [-0.3, -0.25) is 4.90 Å². The van der Waals surface area contributed by atoms with Crippen molar-refractivity contribution in [3.05, 3.63) is 35.9 Å². The van der Waals surface area contributed by atoms with Crippen LogP contribution in [0.3, 0.4) is 0 Å². The van der Waals surface area contributed by atoms with Gasteiger partial charge in [-0.15, -0.1) is 0 Å². The van der Waals surface area contributed by atoms with Gasteiger partial charge in [0.15, 0.2) is 0 Å². The smallest absolute Gasteiger partial charge is 0.410 e.